The first-order valence-corrected chi connectivity index (χ1v) is 12.9. The second kappa shape index (κ2) is 10.6. The third kappa shape index (κ3) is 4.87. The molecule has 4 aromatic rings. The number of hydrogen-bond acceptors (Lipinski definition) is 3. The Labute approximate surface area is 223 Å². The van der Waals surface area contributed by atoms with Crippen LogP contribution in [0.2, 0.25) is 0 Å². The van der Waals surface area contributed by atoms with Crippen LogP contribution in [-0.2, 0) is 4.79 Å². The van der Waals surface area contributed by atoms with Crippen LogP contribution >= 0.6 is 12.2 Å². The fraction of sp³-hybridized carbons (Fsp3) is 0.233. The predicted octanol–water partition coefficient (Wildman–Crippen LogP) is 5.80. The van der Waals surface area contributed by atoms with E-state index >= 15 is 0 Å². The number of amides is 1. The van der Waals surface area contributed by atoms with E-state index < -0.39 is 0 Å². The zero-order valence-corrected chi connectivity index (χ0v) is 22.1. The minimum Gasteiger partial charge on any atom is -0.352 e. The van der Waals surface area contributed by atoms with E-state index in [4.69, 9.17) is 12.2 Å². The lowest BCUT2D eigenvalue weighted by molar-refractivity contribution is -0.116. The zero-order valence-electron chi connectivity index (χ0n) is 21.3. The van der Waals surface area contributed by atoms with Crippen LogP contribution in [0.4, 0.5) is 5.69 Å². The summed E-state index contributed by atoms with van der Waals surface area (Å²) in [5.41, 5.74) is 7.64. The molecule has 0 bridgehead atoms. The topological polar surface area (TPSA) is 62.2 Å². The molecule has 1 fully saturated rings. The van der Waals surface area contributed by atoms with Crippen molar-refractivity contribution < 1.29 is 4.79 Å². The lowest BCUT2D eigenvalue weighted by atomic mass is 9.93. The third-order valence-corrected chi connectivity index (χ3v) is 7.50. The summed E-state index contributed by atoms with van der Waals surface area (Å²) >= 11 is 5.84. The molecule has 2 N–H and O–H groups in total. The van der Waals surface area contributed by atoms with E-state index in [0.29, 0.717) is 18.1 Å². The summed E-state index contributed by atoms with van der Waals surface area (Å²) in [6, 6.07) is 25.7. The highest BCUT2D eigenvalue weighted by molar-refractivity contribution is 7.80. The van der Waals surface area contributed by atoms with Crippen molar-refractivity contribution in [2.75, 3.05) is 11.9 Å². The van der Waals surface area contributed by atoms with Gasteiger partial charge < -0.3 is 20.1 Å². The average Bonchev–Trinajstić information content (AvgIpc) is 3.35. The van der Waals surface area contributed by atoms with Crippen molar-refractivity contribution in [3.05, 3.63) is 113 Å². The maximum absolute atomic E-state index is 12.8. The monoisotopic (exact) mass is 509 g/mol. The van der Waals surface area contributed by atoms with Gasteiger partial charge >= 0.3 is 0 Å². The third-order valence-electron chi connectivity index (χ3n) is 7.15. The van der Waals surface area contributed by atoms with Gasteiger partial charge in [0.25, 0.3) is 0 Å². The highest BCUT2D eigenvalue weighted by atomic mass is 32.1. The van der Waals surface area contributed by atoms with Crippen LogP contribution in [-0.4, -0.2) is 32.0 Å². The summed E-state index contributed by atoms with van der Waals surface area (Å²) in [5, 5.41) is 7.15. The molecule has 7 heteroatoms. The van der Waals surface area contributed by atoms with Crippen LogP contribution in [0.1, 0.15) is 46.7 Å². The van der Waals surface area contributed by atoms with Gasteiger partial charge in [-0.3, -0.25) is 9.78 Å². The molecular weight excluding hydrogens is 478 g/mol. The Hall–Kier alpha value is -3.97. The van der Waals surface area contributed by atoms with Gasteiger partial charge in [-0.25, -0.2) is 0 Å². The maximum Gasteiger partial charge on any atom is 0.226 e. The minimum absolute atomic E-state index is 0.0412. The number of nitrogens with zero attached hydrogens (tertiary/aromatic N) is 3. The van der Waals surface area contributed by atoms with E-state index in [0.717, 1.165) is 22.8 Å². The molecule has 1 saturated heterocycles. The van der Waals surface area contributed by atoms with Gasteiger partial charge in [0.1, 0.15) is 0 Å². The number of pyridine rings is 1. The minimum atomic E-state index is -0.130. The van der Waals surface area contributed by atoms with E-state index in [1.807, 2.05) is 60.8 Å². The van der Waals surface area contributed by atoms with Gasteiger partial charge in [0.2, 0.25) is 5.91 Å². The van der Waals surface area contributed by atoms with Gasteiger partial charge in [0, 0.05) is 47.5 Å². The van der Waals surface area contributed by atoms with Gasteiger partial charge in [-0.2, -0.15) is 0 Å². The number of carbonyl (C=O) groups is 1. The van der Waals surface area contributed by atoms with E-state index in [-0.39, 0.29) is 18.0 Å². The fourth-order valence-electron chi connectivity index (χ4n) is 5.33. The van der Waals surface area contributed by atoms with Crippen molar-refractivity contribution >= 4 is 28.9 Å². The normalized spacial score (nSPS) is 17.1. The van der Waals surface area contributed by atoms with Crippen molar-refractivity contribution in [3.8, 4) is 5.69 Å². The Bertz CT molecular complexity index is 1400. The van der Waals surface area contributed by atoms with E-state index in [1.165, 1.54) is 16.8 Å². The van der Waals surface area contributed by atoms with Gasteiger partial charge in [-0.1, -0.05) is 42.5 Å². The van der Waals surface area contributed by atoms with Crippen LogP contribution < -0.4 is 10.6 Å². The number of para-hydroxylation sites is 2. The molecular formula is C30H31N5OS. The first-order valence-electron chi connectivity index (χ1n) is 12.5. The summed E-state index contributed by atoms with van der Waals surface area (Å²) in [6.45, 7) is 6.99. The van der Waals surface area contributed by atoms with Crippen LogP contribution in [0, 0.1) is 20.8 Å². The molecule has 2 atom stereocenters. The van der Waals surface area contributed by atoms with Gasteiger partial charge in [0.15, 0.2) is 5.11 Å². The molecule has 0 spiro atoms. The van der Waals surface area contributed by atoms with E-state index in [2.05, 4.69) is 70.1 Å². The molecule has 1 aliphatic rings. The Morgan fingerprint density at radius 3 is 2.30 bits per heavy atom. The summed E-state index contributed by atoms with van der Waals surface area (Å²) < 4.78 is 2.31. The quantitative estimate of drug-likeness (QED) is 0.309. The van der Waals surface area contributed by atoms with Crippen LogP contribution in [0.5, 0.6) is 0 Å². The molecule has 2 aromatic carbocycles. The number of thiocarbonyl (C=S) groups is 1. The van der Waals surface area contributed by atoms with E-state index in [1.54, 1.807) is 0 Å². The molecule has 0 radical (unpaired) electrons. The Morgan fingerprint density at radius 2 is 1.62 bits per heavy atom. The number of rotatable bonds is 7. The van der Waals surface area contributed by atoms with E-state index in [9.17, 15) is 4.79 Å². The summed E-state index contributed by atoms with van der Waals surface area (Å²) in [5.74, 6) is -0.0412. The lowest BCUT2D eigenvalue weighted by Gasteiger charge is -2.29. The summed E-state index contributed by atoms with van der Waals surface area (Å²) in [7, 11) is 0. The number of aromatic nitrogens is 2. The average molecular weight is 510 g/mol. The predicted molar refractivity (Wildman–Crippen MR) is 152 cm³/mol. The van der Waals surface area contributed by atoms with Crippen molar-refractivity contribution in [1.29, 1.82) is 0 Å². The molecule has 0 aliphatic carbocycles. The molecule has 3 heterocycles. The molecule has 2 aromatic heterocycles. The van der Waals surface area contributed by atoms with Gasteiger partial charge in [0.05, 0.1) is 17.8 Å². The van der Waals surface area contributed by atoms with Crippen molar-refractivity contribution in [1.82, 2.24) is 19.8 Å². The first-order chi connectivity index (χ1) is 18.0. The number of benzene rings is 2. The van der Waals surface area contributed by atoms with Crippen LogP contribution in [0.15, 0.2) is 85.1 Å². The van der Waals surface area contributed by atoms with Crippen LogP contribution in [0.25, 0.3) is 5.69 Å². The molecule has 0 saturated carbocycles. The summed E-state index contributed by atoms with van der Waals surface area (Å²) in [6.07, 6.45) is 2.13. The molecule has 188 valence electrons. The number of anilines is 1. The van der Waals surface area contributed by atoms with Crippen molar-refractivity contribution in [2.24, 2.45) is 0 Å². The molecule has 1 amide bonds. The highest BCUT2D eigenvalue weighted by Crippen LogP contribution is 2.43. The standard InChI is InChI=1S/C30H31N5OS/c1-20-21(2)35(24-14-8-5-9-15-24)22(3)27(20)29-28(25-16-10-11-18-31-25)33-30(37)34(29)19-17-26(36)32-23-12-6-4-7-13-23/h4-16,18,28-29H,17,19H2,1-3H3,(H,32,36)(H,33,37)/t28-,29-/m0/s1. The van der Waals surface area contributed by atoms with Crippen LogP contribution in [0.3, 0.4) is 0 Å². The smallest absolute Gasteiger partial charge is 0.226 e. The lowest BCUT2D eigenvalue weighted by Crippen LogP contribution is -2.33. The highest BCUT2D eigenvalue weighted by Gasteiger charge is 2.42. The summed E-state index contributed by atoms with van der Waals surface area (Å²) in [4.78, 5) is 19.7. The fourth-order valence-corrected chi connectivity index (χ4v) is 5.66. The zero-order chi connectivity index (χ0) is 25.9. The second-order valence-corrected chi connectivity index (χ2v) is 9.75. The maximum atomic E-state index is 12.8. The Kier molecular flexibility index (Phi) is 7.06. The molecule has 1 aliphatic heterocycles. The van der Waals surface area contributed by atoms with Crippen molar-refractivity contribution in [2.45, 2.75) is 39.3 Å². The Morgan fingerprint density at radius 1 is 0.946 bits per heavy atom. The molecule has 5 rings (SSSR count). The SMILES string of the molecule is Cc1c([C@H]2[C@H](c3ccccn3)NC(=S)N2CCC(=O)Nc2ccccc2)c(C)n(-c2ccccc2)c1C. The molecule has 37 heavy (non-hydrogen) atoms. The van der Waals surface area contributed by atoms with Crippen molar-refractivity contribution in [3.63, 3.8) is 0 Å². The second-order valence-electron chi connectivity index (χ2n) is 9.36. The molecule has 0 unspecified atom stereocenters. The number of nitrogens with one attached hydrogen (secondary N) is 2. The number of carbonyl (C=O) groups excluding carboxylic acids is 1. The number of hydrogen-bond donors (Lipinski definition) is 2. The molecule has 6 nitrogen and oxygen atoms in total. The van der Waals surface area contributed by atoms with Gasteiger partial charge in [-0.15, -0.1) is 0 Å². The largest absolute Gasteiger partial charge is 0.352 e. The first kappa shape index (κ1) is 24.7. The Balaban J connectivity index is 1.51. The van der Waals surface area contributed by atoms with Gasteiger partial charge in [-0.05, 0) is 75.0 Å².